The van der Waals surface area contributed by atoms with E-state index < -0.39 is 5.54 Å². The van der Waals surface area contributed by atoms with Gasteiger partial charge in [0.2, 0.25) is 0 Å². The fourth-order valence-corrected chi connectivity index (χ4v) is 2.65. The van der Waals surface area contributed by atoms with Gasteiger partial charge in [-0.25, -0.2) is 9.37 Å². The molecule has 2 nitrogen and oxygen atoms in total. The summed E-state index contributed by atoms with van der Waals surface area (Å²) in [6.07, 6.45) is 1.38. The smallest absolute Gasteiger partial charge is 0.123 e. The van der Waals surface area contributed by atoms with Crippen molar-refractivity contribution in [2.24, 2.45) is 5.73 Å². The van der Waals surface area contributed by atoms with E-state index in [2.05, 4.69) is 4.98 Å². The molecule has 0 spiro atoms. The Hall–Kier alpha value is -1.26. The third-order valence-electron chi connectivity index (χ3n) is 3.19. The Bertz CT molecular complexity index is 538. The number of nitrogens with zero attached hydrogens (tertiary/aromatic N) is 1. The molecule has 1 aromatic heterocycles. The summed E-state index contributed by atoms with van der Waals surface area (Å²) in [6.45, 7) is 3.99. The average molecular weight is 264 g/mol. The Morgan fingerprint density at radius 2 is 2.22 bits per heavy atom. The lowest BCUT2D eigenvalue weighted by molar-refractivity contribution is 0.418. The van der Waals surface area contributed by atoms with Crippen LogP contribution in [0.15, 0.2) is 29.6 Å². The summed E-state index contributed by atoms with van der Waals surface area (Å²) < 4.78 is 13.3. The molecule has 18 heavy (non-hydrogen) atoms. The summed E-state index contributed by atoms with van der Waals surface area (Å²) in [5.74, 6) is -0.245. The van der Waals surface area contributed by atoms with Crippen molar-refractivity contribution >= 4 is 11.3 Å². The van der Waals surface area contributed by atoms with E-state index in [4.69, 9.17) is 5.73 Å². The third kappa shape index (κ3) is 2.76. The first-order valence-electron chi connectivity index (χ1n) is 5.99. The van der Waals surface area contributed by atoms with Crippen molar-refractivity contribution in [2.75, 3.05) is 0 Å². The molecule has 0 fully saturated rings. The summed E-state index contributed by atoms with van der Waals surface area (Å²) in [6, 6.07) is 6.54. The Kier molecular flexibility index (Phi) is 3.78. The van der Waals surface area contributed by atoms with Crippen LogP contribution in [0.25, 0.3) is 0 Å². The van der Waals surface area contributed by atoms with Crippen LogP contribution in [0.4, 0.5) is 4.39 Å². The van der Waals surface area contributed by atoms with E-state index in [0.717, 1.165) is 22.7 Å². The molecule has 0 amide bonds. The first kappa shape index (κ1) is 13.2. The highest BCUT2D eigenvalue weighted by Crippen LogP contribution is 2.27. The second kappa shape index (κ2) is 5.16. The number of hydrogen-bond donors (Lipinski definition) is 1. The van der Waals surface area contributed by atoms with Gasteiger partial charge in [0.1, 0.15) is 5.82 Å². The molecule has 4 heteroatoms. The van der Waals surface area contributed by atoms with Crippen LogP contribution in [0.2, 0.25) is 0 Å². The van der Waals surface area contributed by atoms with E-state index in [-0.39, 0.29) is 5.82 Å². The number of hydrogen-bond acceptors (Lipinski definition) is 3. The standard InChI is InChI=1S/C14H17FN2S/c1-3-14(16,8-13-9-18-10(2)17-13)11-5-4-6-12(15)7-11/h4-7,9H,3,8,16H2,1-2H3. The van der Waals surface area contributed by atoms with Gasteiger partial charge in [0, 0.05) is 17.3 Å². The van der Waals surface area contributed by atoms with E-state index in [1.165, 1.54) is 12.1 Å². The Balaban J connectivity index is 2.30. The first-order valence-corrected chi connectivity index (χ1v) is 6.87. The van der Waals surface area contributed by atoms with Gasteiger partial charge < -0.3 is 5.73 Å². The van der Waals surface area contributed by atoms with E-state index in [9.17, 15) is 4.39 Å². The molecule has 0 radical (unpaired) electrons. The lowest BCUT2D eigenvalue weighted by atomic mass is 9.84. The molecule has 0 aliphatic carbocycles. The normalized spacial score (nSPS) is 14.4. The molecule has 0 saturated heterocycles. The summed E-state index contributed by atoms with van der Waals surface area (Å²) >= 11 is 1.61. The highest BCUT2D eigenvalue weighted by Gasteiger charge is 2.27. The van der Waals surface area contributed by atoms with Crippen molar-refractivity contribution in [3.63, 3.8) is 0 Å². The first-order chi connectivity index (χ1) is 8.53. The Morgan fingerprint density at radius 3 is 2.78 bits per heavy atom. The topological polar surface area (TPSA) is 38.9 Å². The molecule has 1 heterocycles. The fourth-order valence-electron chi connectivity index (χ4n) is 2.04. The number of benzene rings is 1. The van der Waals surface area contributed by atoms with Gasteiger partial charge in [-0.3, -0.25) is 0 Å². The molecule has 1 unspecified atom stereocenters. The lowest BCUT2D eigenvalue weighted by Crippen LogP contribution is -2.38. The number of nitrogens with two attached hydrogens (primary N) is 1. The fraction of sp³-hybridized carbons (Fsp3) is 0.357. The van der Waals surface area contributed by atoms with Crippen LogP contribution < -0.4 is 5.73 Å². The van der Waals surface area contributed by atoms with Gasteiger partial charge in [0.15, 0.2) is 0 Å². The SMILES string of the molecule is CCC(N)(Cc1csc(C)n1)c1cccc(F)c1. The van der Waals surface area contributed by atoms with E-state index in [1.807, 2.05) is 25.3 Å². The molecule has 2 rings (SSSR count). The van der Waals surface area contributed by atoms with Crippen LogP contribution in [-0.2, 0) is 12.0 Å². The van der Waals surface area contributed by atoms with Crippen LogP contribution >= 0.6 is 11.3 Å². The third-order valence-corrected chi connectivity index (χ3v) is 4.02. The maximum absolute atomic E-state index is 13.3. The average Bonchev–Trinajstić information content (AvgIpc) is 2.74. The van der Waals surface area contributed by atoms with Gasteiger partial charge in [0.05, 0.1) is 10.7 Å². The van der Waals surface area contributed by atoms with Crippen molar-refractivity contribution in [3.05, 3.63) is 51.7 Å². The summed E-state index contributed by atoms with van der Waals surface area (Å²) in [4.78, 5) is 4.44. The molecule has 2 aromatic rings. The van der Waals surface area contributed by atoms with Crippen molar-refractivity contribution in [2.45, 2.75) is 32.2 Å². The molecule has 0 bridgehead atoms. The Labute approximate surface area is 111 Å². The van der Waals surface area contributed by atoms with Gasteiger partial charge >= 0.3 is 0 Å². The predicted octanol–water partition coefficient (Wildman–Crippen LogP) is 3.40. The monoisotopic (exact) mass is 264 g/mol. The number of aryl methyl sites for hydroxylation is 1. The summed E-state index contributed by atoms with van der Waals surface area (Å²) in [5, 5.41) is 3.05. The quantitative estimate of drug-likeness (QED) is 0.919. The predicted molar refractivity (Wildman–Crippen MR) is 73.1 cm³/mol. The number of halogens is 1. The van der Waals surface area contributed by atoms with Crippen LogP contribution in [-0.4, -0.2) is 4.98 Å². The van der Waals surface area contributed by atoms with Crippen molar-refractivity contribution < 1.29 is 4.39 Å². The number of thiazole rings is 1. The number of rotatable bonds is 4. The van der Waals surface area contributed by atoms with Crippen molar-refractivity contribution in [3.8, 4) is 0 Å². The maximum Gasteiger partial charge on any atom is 0.123 e. The molecule has 0 aliphatic rings. The lowest BCUT2D eigenvalue weighted by Gasteiger charge is -2.28. The molecule has 1 aromatic carbocycles. The molecule has 2 N–H and O–H groups in total. The largest absolute Gasteiger partial charge is 0.321 e. The Morgan fingerprint density at radius 1 is 1.44 bits per heavy atom. The molecule has 0 saturated carbocycles. The minimum Gasteiger partial charge on any atom is -0.321 e. The number of aromatic nitrogens is 1. The van der Waals surface area contributed by atoms with Crippen LogP contribution in [0.1, 0.15) is 29.6 Å². The van der Waals surface area contributed by atoms with Crippen molar-refractivity contribution in [1.29, 1.82) is 0 Å². The van der Waals surface area contributed by atoms with Crippen molar-refractivity contribution in [1.82, 2.24) is 4.98 Å². The molecular formula is C14H17FN2S. The van der Waals surface area contributed by atoms with E-state index in [1.54, 1.807) is 17.4 Å². The van der Waals surface area contributed by atoms with Gasteiger partial charge in [-0.15, -0.1) is 11.3 Å². The highest BCUT2D eigenvalue weighted by molar-refractivity contribution is 7.09. The zero-order valence-electron chi connectivity index (χ0n) is 10.6. The minimum atomic E-state index is -0.553. The van der Waals surface area contributed by atoms with Crippen LogP contribution in [0, 0.1) is 12.7 Å². The highest BCUT2D eigenvalue weighted by atomic mass is 32.1. The summed E-state index contributed by atoms with van der Waals surface area (Å²) in [7, 11) is 0. The van der Waals surface area contributed by atoms with Crippen LogP contribution in [0.3, 0.4) is 0 Å². The molecular weight excluding hydrogens is 247 g/mol. The van der Waals surface area contributed by atoms with Gasteiger partial charge in [-0.05, 0) is 31.0 Å². The zero-order chi connectivity index (χ0) is 13.2. The second-order valence-electron chi connectivity index (χ2n) is 4.55. The molecule has 1 atom stereocenters. The van der Waals surface area contributed by atoms with E-state index >= 15 is 0 Å². The summed E-state index contributed by atoms with van der Waals surface area (Å²) in [5.41, 5.74) is 7.68. The zero-order valence-corrected chi connectivity index (χ0v) is 11.4. The maximum atomic E-state index is 13.3. The van der Waals surface area contributed by atoms with Gasteiger partial charge in [-0.2, -0.15) is 0 Å². The second-order valence-corrected chi connectivity index (χ2v) is 5.62. The molecule has 96 valence electrons. The van der Waals surface area contributed by atoms with E-state index in [0.29, 0.717) is 6.42 Å². The molecule has 0 aliphatic heterocycles. The van der Waals surface area contributed by atoms with Gasteiger partial charge in [-0.1, -0.05) is 19.1 Å². The van der Waals surface area contributed by atoms with Gasteiger partial charge in [0.25, 0.3) is 0 Å². The minimum absolute atomic E-state index is 0.245. The van der Waals surface area contributed by atoms with Crippen LogP contribution in [0.5, 0.6) is 0 Å².